The molecule has 2 fully saturated rings. The molecule has 0 bridgehead atoms. The molecule has 0 aromatic carbocycles. The van der Waals surface area contributed by atoms with Gasteiger partial charge in [0, 0.05) is 25.2 Å². The van der Waals surface area contributed by atoms with Crippen LogP contribution in [0.1, 0.15) is 58.3 Å². The summed E-state index contributed by atoms with van der Waals surface area (Å²) in [5.41, 5.74) is 0. The third kappa shape index (κ3) is 4.44. The van der Waals surface area contributed by atoms with E-state index in [-0.39, 0.29) is 0 Å². The number of aliphatic hydroxyl groups excluding tert-OH is 1. The lowest BCUT2D eigenvalue weighted by molar-refractivity contribution is 0.180. The Morgan fingerprint density at radius 2 is 2.11 bits per heavy atom. The zero-order chi connectivity index (χ0) is 13.5. The summed E-state index contributed by atoms with van der Waals surface area (Å²) in [7, 11) is 0. The van der Waals surface area contributed by atoms with Gasteiger partial charge in [-0.05, 0) is 64.0 Å². The van der Waals surface area contributed by atoms with Gasteiger partial charge < -0.3 is 15.3 Å². The molecule has 3 unspecified atom stereocenters. The van der Waals surface area contributed by atoms with Gasteiger partial charge in [0.2, 0.25) is 0 Å². The van der Waals surface area contributed by atoms with E-state index < -0.39 is 0 Å². The van der Waals surface area contributed by atoms with Crippen molar-refractivity contribution in [2.45, 2.75) is 70.4 Å². The molecule has 3 heteroatoms. The van der Waals surface area contributed by atoms with E-state index in [0.717, 1.165) is 24.4 Å². The number of nitrogens with zero attached hydrogens (tertiary/aromatic N) is 1. The van der Waals surface area contributed by atoms with Crippen LogP contribution < -0.4 is 5.32 Å². The number of hydrogen-bond acceptors (Lipinski definition) is 3. The molecular formula is C16H32N2O. The number of rotatable bonds is 8. The zero-order valence-electron chi connectivity index (χ0n) is 12.6. The molecule has 0 spiro atoms. The molecule has 0 radical (unpaired) electrons. The van der Waals surface area contributed by atoms with Crippen LogP contribution in [0, 0.1) is 5.92 Å². The van der Waals surface area contributed by atoms with Crippen LogP contribution in [0.5, 0.6) is 0 Å². The van der Waals surface area contributed by atoms with Gasteiger partial charge in [0.05, 0.1) is 0 Å². The highest BCUT2D eigenvalue weighted by Gasteiger charge is 2.32. The van der Waals surface area contributed by atoms with E-state index in [2.05, 4.69) is 17.1 Å². The minimum absolute atomic E-state index is 0.356. The first-order chi connectivity index (χ1) is 9.35. The summed E-state index contributed by atoms with van der Waals surface area (Å²) >= 11 is 0. The van der Waals surface area contributed by atoms with Gasteiger partial charge in [-0.15, -0.1) is 0 Å². The third-order valence-electron chi connectivity index (χ3n) is 4.98. The monoisotopic (exact) mass is 268 g/mol. The van der Waals surface area contributed by atoms with E-state index >= 15 is 0 Å². The van der Waals surface area contributed by atoms with Gasteiger partial charge in [-0.3, -0.25) is 0 Å². The molecule has 2 N–H and O–H groups in total. The van der Waals surface area contributed by atoms with Crippen molar-refractivity contribution in [3.63, 3.8) is 0 Å². The Bertz CT molecular complexity index is 223. The number of nitrogens with one attached hydrogen (secondary N) is 1. The summed E-state index contributed by atoms with van der Waals surface area (Å²) < 4.78 is 0. The van der Waals surface area contributed by atoms with Gasteiger partial charge in [0.25, 0.3) is 0 Å². The highest BCUT2D eigenvalue weighted by molar-refractivity contribution is 4.88. The molecule has 1 aliphatic carbocycles. The molecule has 1 saturated heterocycles. The Morgan fingerprint density at radius 3 is 2.89 bits per heavy atom. The van der Waals surface area contributed by atoms with E-state index in [1.807, 2.05) is 0 Å². The van der Waals surface area contributed by atoms with Crippen LogP contribution in [0.25, 0.3) is 0 Å². The van der Waals surface area contributed by atoms with Crippen molar-refractivity contribution >= 4 is 0 Å². The first kappa shape index (κ1) is 15.3. The quantitative estimate of drug-likeness (QED) is 0.709. The van der Waals surface area contributed by atoms with Crippen LogP contribution in [-0.2, 0) is 0 Å². The van der Waals surface area contributed by atoms with Crippen molar-refractivity contribution in [2.24, 2.45) is 5.92 Å². The highest BCUT2D eigenvalue weighted by atomic mass is 16.2. The second-order valence-electron chi connectivity index (χ2n) is 6.41. The normalized spacial score (nSPS) is 32.2. The summed E-state index contributed by atoms with van der Waals surface area (Å²) in [6.07, 6.45) is 10.3. The molecule has 0 aromatic rings. The molecule has 0 aromatic heterocycles. The van der Waals surface area contributed by atoms with Gasteiger partial charge in [-0.2, -0.15) is 0 Å². The maximum Gasteiger partial charge on any atom is 0.0431 e. The van der Waals surface area contributed by atoms with Crippen molar-refractivity contribution < 1.29 is 5.11 Å². The smallest absolute Gasteiger partial charge is 0.0431 e. The minimum atomic E-state index is 0.356. The summed E-state index contributed by atoms with van der Waals surface area (Å²) in [6.45, 7) is 6.36. The lowest BCUT2D eigenvalue weighted by atomic mass is 10.0. The second-order valence-corrected chi connectivity index (χ2v) is 6.41. The van der Waals surface area contributed by atoms with E-state index in [1.54, 1.807) is 0 Å². The Hall–Kier alpha value is -0.120. The molecule has 0 amide bonds. The number of hydrogen-bond donors (Lipinski definition) is 2. The molecule has 1 heterocycles. The van der Waals surface area contributed by atoms with Crippen LogP contribution in [0.3, 0.4) is 0 Å². The van der Waals surface area contributed by atoms with Gasteiger partial charge in [-0.25, -0.2) is 0 Å². The van der Waals surface area contributed by atoms with Gasteiger partial charge >= 0.3 is 0 Å². The Labute approximate surface area is 118 Å². The first-order valence-electron chi connectivity index (χ1n) is 8.43. The molecular weight excluding hydrogens is 236 g/mol. The van der Waals surface area contributed by atoms with Gasteiger partial charge in [-0.1, -0.05) is 13.3 Å². The summed E-state index contributed by atoms with van der Waals surface area (Å²) in [5.74, 6) is 0.862. The van der Waals surface area contributed by atoms with Crippen LogP contribution in [0.4, 0.5) is 0 Å². The van der Waals surface area contributed by atoms with Crippen molar-refractivity contribution in [1.29, 1.82) is 0 Å². The predicted octanol–water partition coefficient (Wildman–Crippen LogP) is 2.39. The van der Waals surface area contributed by atoms with E-state index in [0.29, 0.717) is 6.61 Å². The van der Waals surface area contributed by atoms with Crippen molar-refractivity contribution in [3.8, 4) is 0 Å². The molecule has 3 atom stereocenters. The SMILES string of the molecule is CCCNC1CCCC1CN1CCCC1CCCO. The lowest BCUT2D eigenvalue weighted by Gasteiger charge is -2.30. The molecule has 19 heavy (non-hydrogen) atoms. The molecule has 112 valence electrons. The van der Waals surface area contributed by atoms with E-state index in [9.17, 15) is 0 Å². The number of likely N-dealkylation sites (tertiary alicyclic amines) is 1. The Morgan fingerprint density at radius 1 is 1.21 bits per heavy atom. The Balaban J connectivity index is 1.78. The maximum absolute atomic E-state index is 9.01. The van der Waals surface area contributed by atoms with Crippen molar-refractivity contribution in [3.05, 3.63) is 0 Å². The van der Waals surface area contributed by atoms with E-state index in [1.165, 1.54) is 64.6 Å². The third-order valence-corrected chi connectivity index (χ3v) is 4.98. The van der Waals surface area contributed by atoms with Gasteiger partial charge in [0.1, 0.15) is 0 Å². The molecule has 2 rings (SSSR count). The molecule has 1 saturated carbocycles. The molecule has 2 aliphatic rings. The number of aliphatic hydroxyl groups is 1. The van der Waals surface area contributed by atoms with Crippen molar-refractivity contribution in [2.75, 3.05) is 26.2 Å². The molecule has 1 aliphatic heterocycles. The average Bonchev–Trinajstić information content (AvgIpc) is 3.04. The minimum Gasteiger partial charge on any atom is -0.396 e. The fourth-order valence-electron chi connectivity index (χ4n) is 3.94. The highest BCUT2D eigenvalue weighted by Crippen LogP contribution is 2.30. The summed E-state index contributed by atoms with van der Waals surface area (Å²) in [4.78, 5) is 2.71. The van der Waals surface area contributed by atoms with Crippen molar-refractivity contribution in [1.82, 2.24) is 10.2 Å². The van der Waals surface area contributed by atoms with Crippen LogP contribution in [-0.4, -0.2) is 48.3 Å². The summed E-state index contributed by atoms with van der Waals surface area (Å²) in [5, 5.41) is 12.8. The van der Waals surface area contributed by atoms with Gasteiger partial charge in [0.15, 0.2) is 0 Å². The summed E-state index contributed by atoms with van der Waals surface area (Å²) in [6, 6.07) is 1.51. The molecule has 3 nitrogen and oxygen atoms in total. The fraction of sp³-hybridized carbons (Fsp3) is 1.00. The standard InChI is InChI=1S/C16H32N2O/c1-2-10-17-16-9-3-6-14(16)13-18-11-4-7-15(18)8-5-12-19/h14-17,19H,2-13H2,1H3. The van der Waals surface area contributed by atoms with Crippen LogP contribution in [0.15, 0.2) is 0 Å². The topological polar surface area (TPSA) is 35.5 Å². The largest absolute Gasteiger partial charge is 0.396 e. The van der Waals surface area contributed by atoms with E-state index in [4.69, 9.17) is 5.11 Å². The van der Waals surface area contributed by atoms with Crippen LogP contribution >= 0.6 is 0 Å². The Kier molecular flexibility index (Phi) is 6.62. The zero-order valence-corrected chi connectivity index (χ0v) is 12.6. The maximum atomic E-state index is 9.01. The fourth-order valence-corrected chi connectivity index (χ4v) is 3.94. The lowest BCUT2D eigenvalue weighted by Crippen LogP contribution is -2.41. The average molecular weight is 268 g/mol. The predicted molar refractivity (Wildman–Crippen MR) is 80.3 cm³/mol. The van der Waals surface area contributed by atoms with Crippen LogP contribution in [0.2, 0.25) is 0 Å². The second kappa shape index (κ2) is 8.23. The first-order valence-corrected chi connectivity index (χ1v) is 8.43.